The van der Waals surface area contributed by atoms with Crippen LogP contribution in [-0.4, -0.2) is 26.6 Å². The molecule has 122 valence electrons. The van der Waals surface area contributed by atoms with Gasteiger partial charge in [0.25, 0.3) is 0 Å². The second-order valence-electron chi connectivity index (χ2n) is 5.29. The van der Waals surface area contributed by atoms with Crippen LogP contribution in [0.2, 0.25) is 0 Å². The summed E-state index contributed by atoms with van der Waals surface area (Å²) < 4.78 is 14.6. The number of rotatable bonds is 5. The summed E-state index contributed by atoms with van der Waals surface area (Å²) in [6.07, 6.45) is 0.230. The number of benzene rings is 2. The number of hydrogen-bond acceptors (Lipinski definition) is 4. The van der Waals surface area contributed by atoms with Gasteiger partial charge in [-0.25, -0.2) is 14.5 Å². The Morgan fingerprint density at radius 1 is 1.21 bits per heavy atom. The van der Waals surface area contributed by atoms with E-state index >= 15 is 0 Å². The van der Waals surface area contributed by atoms with Gasteiger partial charge in [-0.15, -0.1) is 5.10 Å². The molecule has 1 aromatic heterocycles. The molecule has 24 heavy (non-hydrogen) atoms. The van der Waals surface area contributed by atoms with E-state index in [-0.39, 0.29) is 18.1 Å². The predicted octanol–water partition coefficient (Wildman–Crippen LogP) is 2.50. The normalized spacial score (nSPS) is 11.7. The largest absolute Gasteiger partial charge is 0.273 e. The van der Waals surface area contributed by atoms with Crippen LogP contribution in [0.3, 0.4) is 0 Å². The Morgan fingerprint density at radius 3 is 2.75 bits per heavy atom. The summed E-state index contributed by atoms with van der Waals surface area (Å²) in [5, 5.41) is 12.1. The third-order valence-electron chi connectivity index (χ3n) is 3.58. The molecule has 2 aromatic carbocycles. The van der Waals surface area contributed by atoms with Crippen molar-refractivity contribution in [2.45, 2.75) is 19.9 Å². The van der Waals surface area contributed by atoms with Gasteiger partial charge in [-0.2, -0.15) is 5.10 Å². The lowest BCUT2D eigenvalue weighted by atomic mass is 10.1. The fourth-order valence-electron chi connectivity index (χ4n) is 2.25. The lowest BCUT2D eigenvalue weighted by Crippen LogP contribution is -2.21. The number of aryl methyl sites for hydroxylation is 1. The number of halogens is 1. The van der Waals surface area contributed by atoms with E-state index in [9.17, 15) is 9.18 Å². The number of nitrogens with one attached hydrogen (secondary N) is 1. The van der Waals surface area contributed by atoms with Gasteiger partial charge in [0.05, 0.1) is 17.8 Å². The van der Waals surface area contributed by atoms with E-state index in [1.54, 1.807) is 23.7 Å². The maximum atomic E-state index is 12.9. The Kier molecular flexibility index (Phi) is 4.60. The topological polar surface area (TPSA) is 72.2 Å². The van der Waals surface area contributed by atoms with Gasteiger partial charge in [0.15, 0.2) is 0 Å². The molecule has 0 aliphatic carbocycles. The van der Waals surface area contributed by atoms with Gasteiger partial charge in [-0.3, -0.25) is 4.79 Å². The zero-order valence-electron chi connectivity index (χ0n) is 13.1. The molecule has 0 saturated heterocycles. The van der Waals surface area contributed by atoms with Crippen LogP contribution in [0.5, 0.6) is 0 Å². The molecule has 0 saturated carbocycles. The van der Waals surface area contributed by atoms with Gasteiger partial charge in [0.2, 0.25) is 5.91 Å². The van der Waals surface area contributed by atoms with Crippen LogP contribution in [0.15, 0.2) is 53.6 Å². The Balaban J connectivity index is 1.57. The molecule has 3 rings (SSSR count). The Labute approximate surface area is 138 Å². The zero-order chi connectivity index (χ0) is 16.9. The van der Waals surface area contributed by atoms with Gasteiger partial charge < -0.3 is 0 Å². The van der Waals surface area contributed by atoms with Crippen molar-refractivity contribution >= 4 is 22.7 Å². The summed E-state index contributed by atoms with van der Waals surface area (Å²) in [6, 6.07) is 13.5. The van der Waals surface area contributed by atoms with Crippen molar-refractivity contribution in [1.82, 2.24) is 20.4 Å². The summed E-state index contributed by atoms with van der Waals surface area (Å²) in [5.41, 5.74) is 5.53. The van der Waals surface area contributed by atoms with E-state index in [4.69, 9.17) is 0 Å². The van der Waals surface area contributed by atoms with Crippen LogP contribution < -0.4 is 5.43 Å². The predicted molar refractivity (Wildman–Crippen MR) is 88.9 cm³/mol. The fraction of sp³-hybridized carbons (Fsp3) is 0.176. The van der Waals surface area contributed by atoms with Crippen molar-refractivity contribution in [3.8, 4) is 0 Å². The number of aromatic nitrogens is 3. The molecule has 1 heterocycles. The van der Waals surface area contributed by atoms with Crippen molar-refractivity contribution in [2.24, 2.45) is 5.10 Å². The first-order valence-corrected chi connectivity index (χ1v) is 7.51. The highest BCUT2D eigenvalue weighted by atomic mass is 19.1. The summed E-state index contributed by atoms with van der Waals surface area (Å²) in [5.74, 6) is -0.535. The number of nitrogens with zero attached hydrogens (tertiary/aromatic N) is 4. The lowest BCUT2D eigenvalue weighted by Gasteiger charge is -2.04. The highest BCUT2D eigenvalue weighted by Gasteiger charge is 2.06. The van der Waals surface area contributed by atoms with Crippen LogP contribution in [0.4, 0.5) is 4.39 Å². The van der Waals surface area contributed by atoms with Gasteiger partial charge in [0, 0.05) is 6.42 Å². The molecule has 0 aliphatic heterocycles. The number of carbonyl (C=O) groups is 1. The summed E-state index contributed by atoms with van der Waals surface area (Å²) in [7, 11) is 0. The van der Waals surface area contributed by atoms with E-state index in [1.165, 1.54) is 12.1 Å². The highest BCUT2D eigenvalue weighted by molar-refractivity contribution is 5.99. The number of hydrazone groups is 1. The van der Waals surface area contributed by atoms with Crippen LogP contribution in [0, 0.1) is 5.82 Å². The van der Waals surface area contributed by atoms with Gasteiger partial charge in [0.1, 0.15) is 11.3 Å². The maximum Gasteiger partial charge on any atom is 0.241 e. The fourth-order valence-corrected chi connectivity index (χ4v) is 2.25. The first-order valence-electron chi connectivity index (χ1n) is 7.51. The van der Waals surface area contributed by atoms with Gasteiger partial charge in [-0.1, -0.05) is 29.5 Å². The highest BCUT2D eigenvalue weighted by Crippen LogP contribution is 2.10. The molecule has 1 amide bonds. The van der Waals surface area contributed by atoms with Crippen LogP contribution in [0.25, 0.3) is 11.0 Å². The summed E-state index contributed by atoms with van der Waals surface area (Å²) in [6.45, 7) is 2.16. The Morgan fingerprint density at radius 2 is 1.96 bits per heavy atom. The molecule has 0 aliphatic rings. The average molecular weight is 325 g/mol. The van der Waals surface area contributed by atoms with Crippen molar-refractivity contribution in [3.05, 3.63) is 59.9 Å². The molecular formula is C17H16FN5O. The molecule has 0 unspecified atom stereocenters. The number of carbonyl (C=O) groups excluding carboxylic acids is 1. The van der Waals surface area contributed by atoms with Crippen LogP contribution in [-0.2, 0) is 11.3 Å². The second kappa shape index (κ2) is 6.99. The maximum absolute atomic E-state index is 12.9. The molecule has 0 atom stereocenters. The molecule has 0 spiro atoms. The van der Waals surface area contributed by atoms with Gasteiger partial charge in [-0.05, 0) is 36.8 Å². The molecule has 6 nitrogen and oxygen atoms in total. The average Bonchev–Trinajstić information content (AvgIpc) is 3.01. The summed E-state index contributed by atoms with van der Waals surface area (Å²) in [4.78, 5) is 11.9. The molecule has 0 radical (unpaired) electrons. The zero-order valence-corrected chi connectivity index (χ0v) is 13.1. The van der Waals surface area contributed by atoms with E-state index < -0.39 is 0 Å². The quantitative estimate of drug-likeness (QED) is 0.579. The summed E-state index contributed by atoms with van der Waals surface area (Å²) >= 11 is 0. The van der Waals surface area contributed by atoms with E-state index in [1.807, 2.05) is 24.3 Å². The second-order valence-corrected chi connectivity index (χ2v) is 5.29. The van der Waals surface area contributed by atoms with Crippen molar-refractivity contribution in [1.29, 1.82) is 0 Å². The minimum absolute atomic E-state index is 0.226. The van der Waals surface area contributed by atoms with Crippen molar-refractivity contribution in [2.75, 3.05) is 0 Å². The van der Waals surface area contributed by atoms with Crippen molar-refractivity contribution in [3.63, 3.8) is 0 Å². The first kappa shape index (κ1) is 15.8. The number of amides is 1. The minimum Gasteiger partial charge on any atom is -0.273 e. The monoisotopic (exact) mass is 325 g/mol. The van der Waals surface area contributed by atoms with Crippen LogP contribution >= 0.6 is 0 Å². The number of fused-ring (bicyclic) bond motifs is 1. The molecule has 0 bridgehead atoms. The lowest BCUT2D eigenvalue weighted by molar-refractivity contribution is -0.121. The first-order chi connectivity index (χ1) is 11.6. The van der Waals surface area contributed by atoms with E-state index in [2.05, 4.69) is 20.8 Å². The third-order valence-corrected chi connectivity index (χ3v) is 3.58. The Bertz CT molecular complexity index is 885. The molecule has 7 heteroatoms. The standard InChI is InChI=1S/C17H16FN5O/c1-12(13-6-8-14(18)9-7-13)19-21-17(24)10-11-23-16-5-3-2-4-15(16)20-22-23/h2-9H,10-11H2,1H3,(H,21,24). The van der Waals surface area contributed by atoms with Crippen molar-refractivity contribution < 1.29 is 9.18 Å². The molecule has 1 N–H and O–H groups in total. The Hall–Kier alpha value is -3.09. The SMILES string of the molecule is CC(=NNC(=O)CCn1nnc2ccccc21)c1ccc(F)cc1. The van der Waals surface area contributed by atoms with E-state index in [0.717, 1.165) is 16.6 Å². The smallest absolute Gasteiger partial charge is 0.241 e. The van der Waals surface area contributed by atoms with Gasteiger partial charge >= 0.3 is 0 Å². The van der Waals surface area contributed by atoms with E-state index in [0.29, 0.717) is 12.3 Å². The number of hydrogen-bond donors (Lipinski definition) is 1. The third kappa shape index (κ3) is 3.62. The van der Waals surface area contributed by atoms with Crippen LogP contribution in [0.1, 0.15) is 18.9 Å². The molecule has 0 fully saturated rings. The number of para-hydroxylation sites is 1. The molecular weight excluding hydrogens is 309 g/mol. The molecule has 3 aromatic rings. The minimum atomic E-state index is -0.310.